The Balaban J connectivity index is 1.88. The number of thiophene rings is 1. The van der Waals surface area contributed by atoms with Gasteiger partial charge in [0.15, 0.2) is 0 Å². The van der Waals surface area contributed by atoms with E-state index in [9.17, 15) is 9.18 Å². The Kier molecular flexibility index (Phi) is 3.50. The summed E-state index contributed by atoms with van der Waals surface area (Å²) in [7, 11) is 0. The third-order valence-electron chi connectivity index (χ3n) is 2.66. The minimum Gasteiger partial charge on any atom is -0.306 e. The molecule has 3 rings (SSSR count). The van der Waals surface area contributed by atoms with Gasteiger partial charge >= 0.3 is 0 Å². The average Bonchev–Trinajstić information content (AvgIpc) is 2.81. The first-order valence-corrected chi connectivity index (χ1v) is 7.36. The fraction of sp³-hybridized carbons (Fsp3) is 0. The number of pyridine rings is 1. The normalized spacial score (nSPS) is 10.7. The highest BCUT2D eigenvalue weighted by Crippen LogP contribution is 2.27. The summed E-state index contributed by atoms with van der Waals surface area (Å²) < 4.78 is 14.5. The summed E-state index contributed by atoms with van der Waals surface area (Å²) in [6.07, 6.45) is 0. The van der Waals surface area contributed by atoms with Crippen molar-refractivity contribution in [2.24, 2.45) is 0 Å². The van der Waals surface area contributed by atoms with Crippen molar-refractivity contribution >= 4 is 49.1 Å². The van der Waals surface area contributed by atoms with Gasteiger partial charge in [-0.05, 0) is 51.6 Å². The molecule has 2 aromatic heterocycles. The zero-order chi connectivity index (χ0) is 14.1. The predicted octanol–water partition coefficient (Wildman–Crippen LogP) is 4.45. The van der Waals surface area contributed by atoms with Crippen LogP contribution >= 0.6 is 27.3 Å². The maximum atomic E-state index is 13.1. The number of nitrogens with one attached hydrogen (secondary N) is 1. The molecule has 0 aliphatic carbocycles. The molecule has 1 N–H and O–H groups in total. The SMILES string of the molecule is O=C(Nc1cccc(Br)n1)c1cc2ccc(F)cc2s1. The van der Waals surface area contributed by atoms with Crippen molar-refractivity contribution < 1.29 is 9.18 Å². The highest BCUT2D eigenvalue weighted by molar-refractivity contribution is 9.10. The third-order valence-corrected chi connectivity index (χ3v) is 4.20. The Morgan fingerprint density at radius 3 is 2.90 bits per heavy atom. The van der Waals surface area contributed by atoms with Gasteiger partial charge in [-0.25, -0.2) is 9.37 Å². The number of anilines is 1. The second-order valence-electron chi connectivity index (χ2n) is 4.09. The van der Waals surface area contributed by atoms with Crippen molar-refractivity contribution in [3.8, 4) is 0 Å². The molecule has 100 valence electrons. The van der Waals surface area contributed by atoms with Crippen LogP contribution in [0.1, 0.15) is 9.67 Å². The second-order valence-corrected chi connectivity index (χ2v) is 5.99. The van der Waals surface area contributed by atoms with Crippen LogP contribution in [0.2, 0.25) is 0 Å². The van der Waals surface area contributed by atoms with Crippen LogP contribution in [-0.4, -0.2) is 10.9 Å². The van der Waals surface area contributed by atoms with E-state index in [1.165, 1.54) is 23.5 Å². The van der Waals surface area contributed by atoms with Gasteiger partial charge < -0.3 is 5.32 Å². The van der Waals surface area contributed by atoms with Gasteiger partial charge in [-0.1, -0.05) is 12.1 Å². The van der Waals surface area contributed by atoms with Gasteiger partial charge in [0.1, 0.15) is 16.2 Å². The lowest BCUT2D eigenvalue weighted by molar-refractivity contribution is 0.103. The number of hydrogen-bond donors (Lipinski definition) is 1. The zero-order valence-corrected chi connectivity index (χ0v) is 12.5. The zero-order valence-electron chi connectivity index (χ0n) is 10.1. The van der Waals surface area contributed by atoms with Gasteiger partial charge in [0.2, 0.25) is 0 Å². The van der Waals surface area contributed by atoms with Crippen molar-refractivity contribution in [1.82, 2.24) is 4.98 Å². The highest BCUT2D eigenvalue weighted by Gasteiger charge is 2.11. The van der Waals surface area contributed by atoms with Crippen LogP contribution in [-0.2, 0) is 0 Å². The Hall–Kier alpha value is -1.79. The Morgan fingerprint density at radius 1 is 1.25 bits per heavy atom. The molecule has 0 radical (unpaired) electrons. The molecule has 20 heavy (non-hydrogen) atoms. The molecule has 0 saturated heterocycles. The molecule has 0 unspecified atom stereocenters. The van der Waals surface area contributed by atoms with Gasteiger partial charge in [0.25, 0.3) is 5.91 Å². The molecule has 0 saturated carbocycles. The fourth-order valence-electron chi connectivity index (χ4n) is 1.77. The van der Waals surface area contributed by atoms with Crippen LogP contribution in [0.5, 0.6) is 0 Å². The summed E-state index contributed by atoms with van der Waals surface area (Å²) in [5, 5.41) is 3.56. The van der Waals surface area contributed by atoms with E-state index in [1.54, 1.807) is 30.3 Å². The summed E-state index contributed by atoms with van der Waals surface area (Å²) in [6.45, 7) is 0. The lowest BCUT2D eigenvalue weighted by atomic mass is 10.2. The van der Waals surface area contributed by atoms with E-state index in [1.807, 2.05) is 0 Å². The molecule has 3 aromatic rings. The summed E-state index contributed by atoms with van der Waals surface area (Å²) in [5.41, 5.74) is 0. The van der Waals surface area contributed by atoms with Gasteiger partial charge in [0, 0.05) is 4.70 Å². The van der Waals surface area contributed by atoms with Crippen molar-refractivity contribution in [3.63, 3.8) is 0 Å². The van der Waals surface area contributed by atoms with Crippen molar-refractivity contribution in [2.45, 2.75) is 0 Å². The third kappa shape index (κ3) is 2.71. The number of nitrogens with zero attached hydrogens (tertiary/aromatic N) is 1. The van der Waals surface area contributed by atoms with E-state index in [-0.39, 0.29) is 11.7 Å². The first kappa shape index (κ1) is 13.2. The molecular weight excluding hydrogens is 343 g/mol. The number of carbonyl (C=O) groups excluding carboxylic acids is 1. The number of fused-ring (bicyclic) bond motifs is 1. The van der Waals surface area contributed by atoms with Gasteiger partial charge in [-0.3, -0.25) is 4.79 Å². The van der Waals surface area contributed by atoms with Crippen LogP contribution in [0.3, 0.4) is 0 Å². The molecule has 2 heterocycles. The Morgan fingerprint density at radius 2 is 2.10 bits per heavy atom. The minimum atomic E-state index is -0.306. The molecule has 6 heteroatoms. The van der Waals surface area contributed by atoms with Crippen LogP contribution in [0.15, 0.2) is 47.1 Å². The molecular formula is C14H8BrFN2OS. The maximum absolute atomic E-state index is 13.1. The first-order chi connectivity index (χ1) is 9.61. The Labute approximate surface area is 126 Å². The number of benzene rings is 1. The van der Waals surface area contributed by atoms with Gasteiger partial charge in [-0.2, -0.15) is 0 Å². The van der Waals surface area contributed by atoms with E-state index in [0.29, 0.717) is 15.3 Å². The van der Waals surface area contributed by atoms with Gasteiger partial charge in [-0.15, -0.1) is 11.3 Å². The van der Waals surface area contributed by atoms with Crippen LogP contribution in [0.4, 0.5) is 10.2 Å². The standard InChI is InChI=1S/C14H8BrFN2OS/c15-12-2-1-3-13(17-12)18-14(19)11-6-8-4-5-9(16)7-10(8)20-11/h1-7H,(H,17,18,19). The summed E-state index contributed by atoms with van der Waals surface area (Å²) >= 11 is 4.49. The van der Waals surface area contributed by atoms with E-state index >= 15 is 0 Å². The van der Waals surface area contributed by atoms with Crippen LogP contribution in [0.25, 0.3) is 10.1 Å². The first-order valence-electron chi connectivity index (χ1n) is 5.75. The number of amides is 1. The van der Waals surface area contributed by atoms with E-state index in [2.05, 4.69) is 26.2 Å². The van der Waals surface area contributed by atoms with Gasteiger partial charge in [0.05, 0.1) is 4.88 Å². The van der Waals surface area contributed by atoms with E-state index in [4.69, 9.17) is 0 Å². The van der Waals surface area contributed by atoms with Crippen LogP contribution in [0, 0.1) is 5.82 Å². The monoisotopic (exact) mass is 350 g/mol. The average molecular weight is 351 g/mol. The molecule has 0 atom stereocenters. The molecule has 0 fully saturated rings. The molecule has 0 aliphatic rings. The smallest absolute Gasteiger partial charge is 0.266 e. The minimum absolute atomic E-state index is 0.253. The van der Waals surface area contributed by atoms with Crippen molar-refractivity contribution in [2.75, 3.05) is 5.32 Å². The number of rotatable bonds is 2. The predicted molar refractivity (Wildman–Crippen MR) is 81.7 cm³/mol. The summed E-state index contributed by atoms with van der Waals surface area (Å²) in [4.78, 5) is 16.8. The lowest BCUT2D eigenvalue weighted by Gasteiger charge is -2.02. The number of halogens is 2. The highest BCUT2D eigenvalue weighted by atomic mass is 79.9. The van der Waals surface area contributed by atoms with Crippen molar-refractivity contribution in [3.05, 3.63) is 57.8 Å². The molecule has 0 bridgehead atoms. The van der Waals surface area contributed by atoms with E-state index in [0.717, 1.165) is 10.1 Å². The number of aromatic nitrogens is 1. The second kappa shape index (κ2) is 5.30. The lowest BCUT2D eigenvalue weighted by Crippen LogP contribution is -2.11. The summed E-state index contributed by atoms with van der Waals surface area (Å²) in [5.74, 6) is -0.0924. The Bertz CT molecular complexity index is 803. The number of hydrogen-bond acceptors (Lipinski definition) is 3. The van der Waals surface area contributed by atoms with Crippen LogP contribution < -0.4 is 5.32 Å². The molecule has 0 aliphatic heterocycles. The fourth-order valence-corrected chi connectivity index (χ4v) is 3.10. The molecule has 0 spiro atoms. The van der Waals surface area contributed by atoms with Crippen molar-refractivity contribution in [1.29, 1.82) is 0 Å². The number of carbonyl (C=O) groups is 1. The summed E-state index contributed by atoms with van der Waals surface area (Å²) in [6, 6.07) is 11.5. The maximum Gasteiger partial charge on any atom is 0.266 e. The molecule has 1 aromatic carbocycles. The molecule has 3 nitrogen and oxygen atoms in total. The quantitative estimate of drug-likeness (QED) is 0.693. The largest absolute Gasteiger partial charge is 0.306 e. The topological polar surface area (TPSA) is 42.0 Å². The molecule has 1 amide bonds. The van der Waals surface area contributed by atoms with E-state index < -0.39 is 0 Å².